The van der Waals surface area contributed by atoms with Gasteiger partial charge < -0.3 is 10.2 Å². The van der Waals surface area contributed by atoms with Gasteiger partial charge in [0.05, 0.1) is 0 Å². The third-order valence-corrected chi connectivity index (χ3v) is 3.26. The lowest BCUT2D eigenvalue weighted by atomic mass is 9.77. The standard InChI is InChI=1S/C10H16BrNO/c1-7(2)10(3,6-12)8-4-5-9(11)13-8/h4-5,7H,6,12H2,1-3H3. The lowest BCUT2D eigenvalue weighted by molar-refractivity contribution is 0.278. The Morgan fingerprint density at radius 2 is 2.15 bits per heavy atom. The van der Waals surface area contributed by atoms with Crippen LogP contribution >= 0.6 is 15.9 Å². The number of furan rings is 1. The van der Waals surface area contributed by atoms with E-state index < -0.39 is 0 Å². The maximum atomic E-state index is 5.77. The van der Waals surface area contributed by atoms with Crippen molar-refractivity contribution in [1.29, 1.82) is 0 Å². The Morgan fingerprint density at radius 1 is 1.54 bits per heavy atom. The van der Waals surface area contributed by atoms with Crippen LogP contribution in [0.5, 0.6) is 0 Å². The van der Waals surface area contributed by atoms with E-state index in [0.717, 1.165) is 10.4 Å². The fourth-order valence-electron chi connectivity index (χ4n) is 1.24. The topological polar surface area (TPSA) is 39.2 Å². The van der Waals surface area contributed by atoms with Gasteiger partial charge in [0.1, 0.15) is 5.76 Å². The van der Waals surface area contributed by atoms with Crippen molar-refractivity contribution in [2.45, 2.75) is 26.2 Å². The smallest absolute Gasteiger partial charge is 0.169 e. The van der Waals surface area contributed by atoms with Crippen LogP contribution in [0.3, 0.4) is 0 Å². The Balaban J connectivity index is 3.02. The highest BCUT2D eigenvalue weighted by atomic mass is 79.9. The molecule has 0 aliphatic heterocycles. The lowest BCUT2D eigenvalue weighted by Gasteiger charge is -2.29. The Labute approximate surface area is 87.6 Å². The highest BCUT2D eigenvalue weighted by Crippen LogP contribution is 2.33. The molecule has 0 aromatic carbocycles. The number of halogens is 1. The van der Waals surface area contributed by atoms with Crippen molar-refractivity contribution in [2.75, 3.05) is 6.54 Å². The van der Waals surface area contributed by atoms with Crippen LogP contribution in [0.1, 0.15) is 26.5 Å². The molecule has 1 unspecified atom stereocenters. The van der Waals surface area contributed by atoms with Crippen molar-refractivity contribution in [3.63, 3.8) is 0 Å². The summed E-state index contributed by atoms with van der Waals surface area (Å²) in [6.45, 7) is 7.04. The van der Waals surface area contributed by atoms with E-state index in [1.54, 1.807) is 0 Å². The van der Waals surface area contributed by atoms with Crippen LogP contribution in [0, 0.1) is 5.92 Å². The fourth-order valence-corrected chi connectivity index (χ4v) is 1.55. The van der Waals surface area contributed by atoms with Crippen molar-refractivity contribution in [3.05, 3.63) is 22.6 Å². The van der Waals surface area contributed by atoms with Crippen molar-refractivity contribution in [2.24, 2.45) is 11.7 Å². The van der Waals surface area contributed by atoms with Gasteiger partial charge in [0.25, 0.3) is 0 Å². The third kappa shape index (κ3) is 1.97. The quantitative estimate of drug-likeness (QED) is 0.890. The van der Waals surface area contributed by atoms with Gasteiger partial charge >= 0.3 is 0 Å². The molecule has 0 aliphatic rings. The fraction of sp³-hybridized carbons (Fsp3) is 0.600. The summed E-state index contributed by atoms with van der Waals surface area (Å²) in [4.78, 5) is 0. The molecule has 3 heteroatoms. The van der Waals surface area contributed by atoms with Gasteiger partial charge in [0.2, 0.25) is 0 Å². The summed E-state index contributed by atoms with van der Waals surface area (Å²) in [7, 11) is 0. The molecule has 0 aliphatic carbocycles. The van der Waals surface area contributed by atoms with Crippen molar-refractivity contribution < 1.29 is 4.42 Å². The molecule has 2 nitrogen and oxygen atoms in total. The first kappa shape index (κ1) is 10.8. The molecule has 0 bridgehead atoms. The van der Waals surface area contributed by atoms with E-state index in [9.17, 15) is 0 Å². The van der Waals surface area contributed by atoms with Gasteiger partial charge in [0, 0.05) is 12.0 Å². The first-order valence-electron chi connectivity index (χ1n) is 4.46. The molecule has 2 N–H and O–H groups in total. The van der Waals surface area contributed by atoms with E-state index in [4.69, 9.17) is 10.2 Å². The summed E-state index contributed by atoms with van der Waals surface area (Å²) in [6.07, 6.45) is 0. The van der Waals surface area contributed by atoms with Gasteiger partial charge in [-0.25, -0.2) is 0 Å². The largest absolute Gasteiger partial charge is 0.454 e. The molecule has 0 spiro atoms. The monoisotopic (exact) mass is 245 g/mol. The normalized spacial score (nSPS) is 16.2. The molecule has 1 rings (SSSR count). The molecule has 74 valence electrons. The van der Waals surface area contributed by atoms with Gasteiger partial charge in [-0.3, -0.25) is 0 Å². The molecule has 1 atom stereocenters. The van der Waals surface area contributed by atoms with E-state index in [0.29, 0.717) is 12.5 Å². The number of hydrogen-bond donors (Lipinski definition) is 1. The van der Waals surface area contributed by atoms with Crippen LogP contribution in [0.2, 0.25) is 0 Å². The Morgan fingerprint density at radius 3 is 2.46 bits per heavy atom. The van der Waals surface area contributed by atoms with Gasteiger partial charge in [-0.15, -0.1) is 0 Å². The summed E-state index contributed by atoms with van der Waals surface area (Å²) < 4.78 is 6.30. The highest BCUT2D eigenvalue weighted by Gasteiger charge is 2.32. The second-order valence-electron chi connectivity index (χ2n) is 3.88. The number of hydrogen-bond acceptors (Lipinski definition) is 2. The van der Waals surface area contributed by atoms with E-state index in [1.165, 1.54) is 0 Å². The predicted molar refractivity (Wildman–Crippen MR) is 57.7 cm³/mol. The molecule has 0 radical (unpaired) electrons. The summed E-state index contributed by atoms with van der Waals surface area (Å²) in [6, 6.07) is 3.89. The van der Waals surface area contributed by atoms with Gasteiger partial charge in [-0.1, -0.05) is 20.8 Å². The summed E-state index contributed by atoms with van der Waals surface area (Å²) in [5.74, 6) is 1.42. The van der Waals surface area contributed by atoms with E-state index in [2.05, 4.69) is 36.7 Å². The van der Waals surface area contributed by atoms with Crippen LogP contribution < -0.4 is 5.73 Å². The summed E-state index contributed by atoms with van der Waals surface area (Å²) in [5.41, 5.74) is 5.71. The number of rotatable bonds is 3. The van der Waals surface area contributed by atoms with Crippen molar-refractivity contribution in [1.82, 2.24) is 0 Å². The first-order valence-corrected chi connectivity index (χ1v) is 5.26. The molecular weight excluding hydrogens is 230 g/mol. The van der Waals surface area contributed by atoms with Crippen molar-refractivity contribution >= 4 is 15.9 Å². The molecule has 0 saturated heterocycles. The Hall–Kier alpha value is -0.280. The van der Waals surface area contributed by atoms with Crippen LogP contribution in [0.25, 0.3) is 0 Å². The zero-order valence-corrected chi connectivity index (χ0v) is 9.89. The highest BCUT2D eigenvalue weighted by molar-refractivity contribution is 9.10. The molecule has 1 aromatic heterocycles. The van der Waals surface area contributed by atoms with Gasteiger partial charge in [0.15, 0.2) is 4.67 Å². The molecule has 13 heavy (non-hydrogen) atoms. The molecular formula is C10H16BrNO. The second-order valence-corrected chi connectivity index (χ2v) is 4.66. The van der Waals surface area contributed by atoms with Crippen LogP contribution in [-0.2, 0) is 5.41 Å². The van der Waals surface area contributed by atoms with E-state index >= 15 is 0 Å². The molecule has 1 aromatic rings. The lowest BCUT2D eigenvalue weighted by Crippen LogP contribution is -2.36. The molecule has 1 heterocycles. The van der Waals surface area contributed by atoms with Crippen LogP contribution in [-0.4, -0.2) is 6.54 Å². The maximum Gasteiger partial charge on any atom is 0.169 e. The van der Waals surface area contributed by atoms with E-state index in [1.807, 2.05) is 12.1 Å². The minimum absolute atomic E-state index is 0.0635. The SMILES string of the molecule is CC(C)C(C)(CN)c1ccc(Br)o1. The average molecular weight is 246 g/mol. The van der Waals surface area contributed by atoms with Gasteiger partial charge in [-0.05, 0) is 34.0 Å². The van der Waals surface area contributed by atoms with Crippen LogP contribution in [0.15, 0.2) is 21.2 Å². The first-order chi connectivity index (χ1) is 6.00. The maximum absolute atomic E-state index is 5.77. The third-order valence-electron chi connectivity index (χ3n) is 2.83. The molecule has 0 saturated carbocycles. The minimum atomic E-state index is -0.0635. The second kappa shape index (κ2) is 3.84. The molecule has 0 amide bonds. The van der Waals surface area contributed by atoms with Crippen LogP contribution in [0.4, 0.5) is 0 Å². The summed E-state index contributed by atoms with van der Waals surface area (Å²) >= 11 is 3.30. The molecule has 0 fully saturated rings. The van der Waals surface area contributed by atoms with E-state index in [-0.39, 0.29) is 5.41 Å². The Kier molecular flexibility index (Phi) is 3.19. The predicted octanol–water partition coefficient (Wildman–Crippen LogP) is 2.91. The van der Waals surface area contributed by atoms with Gasteiger partial charge in [-0.2, -0.15) is 0 Å². The summed E-state index contributed by atoms with van der Waals surface area (Å²) in [5, 5.41) is 0. The zero-order valence-electron chi connectivity index (χ0n) is 8.30. The zero-order chi connectivity index (χ0) is 10.1. The average Bonchev–Trinajstić information content (AvgIpc) is 2.50. The minimum Gasteiger partial charge on any atom is -0.454 e. The number of nitrogens with two attached hydrogens (primary N) is 1. The Bertz CT molecular complexity index is 282. The van der Waals surface area contributed by atoms with Crippen molar-refractivity contribution in [3.8, 4) is 0 Å².